The molecule has 1 heterocycles. The van der Waals surface area contributed by atoms with Gasteiger partial charge in [-0.3, -0.25) is 0 Å². The first-order valence-electron chi connectivity index (χ1n) is 6.14. The van der Waals surface area contributed by atoms with Gasteiger partial charge in [-0.25, -0.2) is 0 Å². The zero-order valence-corrected chi connectivity index (χ0v) is 11.5. The Kier molecular flexibility index (Phi) is 4.25. The Hall–Kier alpha value is -2.79. The van der Waals surface area contributed by atoms with E-state index in [0.717, 1.165) is 16.5 Å². The summed E-state index contributed by atoms with van der Waals surface area (Å²) in [5.41, 5.74) is 0. The lowest BCUT2D eigenvalue weighted by Crippen LogP contribution is -2.21. The lowest BCUT2D eigenvalue weighted by atomic mass is 10.1. The number of benzene rings is 2. The van der Waals surface area contributed by atoms with Crippen LogP contribution in [0.3, 0.4) is 0 Å². The normalized spacial score (nSPS) is 10.1. The first-order valence-corrected chi connectivity index (χ1v) is 6.14. The van der Waals surface area contributed by atoms with Gasteiger partial charge < -0.3 is 25.2 Å². The second-order valence-corrected chi connectivity index (χ2v) is 4.32. The SMILES string of the molecule is O=C([O-])c1ccc(COc2cccc3ccccc23)o1.[NH4+]. The van der Waals surface area contributed by atoms with Crippen LogP contribution in [0.25, 0.3) is 10.8 Å². The van der Waals surface area contributed by atoms with Gasteiger partial charge in [-0.2, -0.15) is 0 Å². The minimum absolute atomic E-state index is 0. The fraction of sp³-hybridized carbons (Fsp3) is 0.0625. The number of carbonyl (C=O) groups excluding carboxylic acids is 1. The van der Waals surface area contributed by atoms with Crippen LogP contribution >= 0.6 is 0 Å². The van der Waals surface area contributed by atoms with E-state index < -0.39 is 5.97 Å². The summed E-state index contributed by atoms with van der Waals surface area (Å²) >= 11 is 0. The lowest BCUT2D eigenvalue weighted by molar-refractivity contribution is -0.257. The van der Waals surface area contributed by atoms with Gasteiger partial charge in [0.25, 0.3) is 0 Å². The monoisotopic (exact) mass is 285 g/mol. The average Bonchev–Trinajstić information content (AvgIpc) is 2.94. The predicted molar refractivity (Wildman–Crippen MR) is 77.3 cm³/mol. The fourth-order valence-electron chi connectivity index (χ4n) is 2.04. The van der Waals surface area contributed by atoms with Gasteiger partial charge in [-0.1, -0.05) is 36.4 Å². The Morgan fingerprint density at radius 2 is 1.81 bits per heavy atom. The van der Waals surface area contributed by atoms with Crippen molar-refractivity contribution in [1.29, 1.82) is 0 Å². The van der Waals surface area contributed by atoms with Crippen molar-refractivity contribution in [3.05, 3.63) is 66.1 Å². The van der Waals surface area contributed by atoms with E-state index in [9.17, 15) is 9.90 Å². The third-order valence-corrected chi connectivity index (χ3v) is 2.98. The molecule has 3 aromatic rings. The summed E-state index contributed by atoms with van der Waals surface area (Å²) in [6, 6.07) is 16.6. The molecule has 0 radical (unpaired) electrons. The largest absolute Gasteiger partial charge is 0.542 e. The van der Waals surface area contributed by atoms with E-state index in [-0.39, 0.29) is 18.5 Å². The van der Waals surface area contributed by atoms with Gasteiger partial charge in [0, 0.05) is 5.39 Å². The summed E-state index contributed by atoms with van der Waals surface area (Å²) in [7, 11) is 0. The molecule has 0 aliphatic carbocycles. The molecule has 108 valence electrons. The molecular formula is C16H15NO4. The lowest BCUT2D eigenvalue weighted by Gasteiger charge is -2.07. The van der Waals surface area contributed by atoms with Crippen LogP contribution in [0.1, 0.15) is 16.3 Å². The fourth-order valence-corrected chi connectivity index (χ4v) is 2.04. The van der Waals surface area contributed by atoms with Crippen LogP contribution < -0.4 is 16.0 Å². The molecule has 0 bridgehead atoms. The highest BCUT2D eigenvalue weighted by atomic mass is 16.5. The predicted octanol–water partition coefficient (Wildman–Crippen LogP) is 2.75. The van der Waals surface area contributed by atoms with Crippen LogP contribution in [0, 0.1) is 0 Å². The highest BCUT2D eigenvalue weighted by Gasteiger charge is 2.05. The molecule has 0 amide bonds. The number of furan rings is 1. The molecule has 0 atom stereocenters. The Balaban J connectivity index is 0.00000161. The first-order chi connectivity index (χ1) is 9.74. The molecule has 0 spiro atoms. The standard InChI is InChI=1S/C16H12O4.H3N/c17-16(18)15-9-8-12(20-15)10-19-14-7-3-5-11-4-1-2-6-13(11)14;/h1-9H,10H2,(H,17,18);1H3. The molecular weight excluding hydrogens is 270 g/mol. The van der Waals surface area contributed by atoms with E-state index >= 15 is 0 Å². The molecule has 1 aromatic heterocycles. The molecule has 0 fully saturated rings. The second-order valence-electron chi connectivity index (χ2n) is 4.32. The number of fused-ring (bicyclic) bond motifs is 1. The highest BCUT2D eigenvalue weighted by Crippen LogP contribution is 2.26. The van der Waals surface area contributed by atoms with Crippen molar-refractivity contribution in [2.24, 2.45) is 0 Å². The molecule has 2 aromatic carbocycles. The maximum atomic E-state index is 10.6. The van der Waals surface area contributed by atoms with Crippen molar-refractivity contribution in [2.75, 3.05) is 0 Å². The van der Waals surface area contributed by atoms with Gasteiger partial charge in [0.15, 0.2) is 0 Å². The van der Waals surface area contributed by atoms with Crippen molar-refractivity contribution in [2.45, 2.75) is 6.61 Å². The minimum atomic E-state index is -1.33. The van der Waals surface area contributed by atoms with Crippen molar-refractivity contribution in [3.8, 4) is 5.75 Å². The number of rotatable bonds is 4. The first kappa shape index (κ1) is 14.6. The number of carboxylic acids is 1. The minimum Gasteiger partial charge on any atom is -0.542 e. The molecule has 0 saturated carbocycles. The van der Waals surface area contributed by atoms with Crippen LogP contribution in [0.4, 0.5) is 0 Å². The molecule has 5 nitrogen and oxygen atoms in total. The number of quaternary nitrogens is 1. The number of hydrogen-bond acceptors (Lipinski definition) is 4. The van der Waals surface area contributed by atoms with Gasteiger partial charge in [0.1, 0.15) is 29.8 Å². The van der Waals surface area contributed by atoms with Gasteiger partial charge >= 0.3 is 0 Å². The average molecular weight is 285 g/mol. The quantitative estimate of drug-likeness (QED) is 0.796. The van der Waals surface area contributed by atoms with E-state index in [4.69, 9.17) is 9.15 Å². The van der Waals surface area contributed by atoms with E-state index in [0.29, 0.717) is 5.76 Å². The molecule has 0 aliphatic heterocycles. The van der Waals surface area contributed by atoms with Crippen LogP contribution in [0.2, 0.25) is 0 Å². The maximum Gasteiger partial charge on any atom is 0.149 e. The summed E-state index contributed by atoms with van der Waals surface area (Å²) in [5, 5.41) is 12.7. The van der Waals surface area contributed by atoms with E-state index in [1.807, 2.05) is 42.5 Å². The van der Waals surface area contributed by atoms with Crippen molar-refractivity contribution in [1.82, 2.24) is 6.15 Å². The summed E-state index contributed by atoms with van der Waals surface area (Å²) in [4.78, 5) is 10.6. The topological polar surface area (TPSA) is 99.0 Å². The third-order valence-electron chi connectivity index (χ3n) is 2.98. The molecule has 5 heteroatoms. The van der Waals surface area contributed by atoms with Crippen LogP contribution in [-0.4, -0.2) is 5.97 Å². The highest BCUT2D eigenvalue weighted by molar-refractivity contribution is 5.88. The van der Waals surface area contributed by atoms with E-state index in [1.165, 1.54) is 6.07 Å². The third kappa shape index (κ3) is 3.04. The van der Waals surface area contributed by atoms with Crippen LogP contribution in [0.5, 0.6) is 5.75 Å². The molecule has 0 aliphatic rings. The zero-order chi connectivity index (χ0) is 13.9. The van der Waals surface area contributed by atoms with Crippen molar-refractivity contribution >= 4 is 16.7 Å². The molecule has 21 heavy (non-hydrogen) atoms. The number of aromatic carboxylic acids is 1. The van der Waals surface area contributed by atoms with Gasteiger partial charge in [0.05, 0.1) is 0 Å². The molecule has 0 unspecified atom stereocenters. The number of carboxylic acid groups (broad SMARTS) is 1. The number of carbonyl (C=O) groups is 1. The van der Waals surface area contributed by atoms with Crippen LogP contribution in [0.15, 0.2) is 59.0 Å². The second kappa shape index (κ2) is 6.11. The summed E-state index contributed by atoms with van der Waals surface area (Å²) in [6.07, 6.45) is 0. The summed E-state index contributed by atoms with van der Waals surface area (Å²) in [5.74, 6) is -0.352. The number of hydrogen-bond donors (Lipinski definition) is 1. The van der Waals surface area contributed by atoms with E-state index in [2.05, 4.69) is 0 Å². The molecule has 0 saturated heterocycles. The van der Waals surface area contributed by atoms with Gasteiger partial charge in [-0.15, -0.1) is 0 Å². The molecule has 3 rings (SSSR count). The van der Waals surface area contributed by atoms with Crippen LogP contribution in [-0.2, 0) is 6.61 Å². The Morgan fingerprint density at radius 1 is 1.05 bits per heavy atom. The Labute approximate surface area is 121 Å². The smallest absolute Gasteiger partial charge is 0.149 e. The van der Waals surface area contributed by atoms with Crippen molar-refractivity contribution < 1.29 is 19.1 Å². The summed E-state index contributed by atoms with van der Waals surface area (Å²) < 4.78 is 10.8. The maximum absolute atomic E-state index is 10.6. The van der Waals surface area contributed by atoms with Crippen molar-refractivity contribution in [3.63, 3.8) is 0 Å². The number of ether oxygens (including phenoxy) is 1. The van der Waals surface area contributed by atoms with Gasteiger partial charge in [0.2, 0.25) is 0 Å². The Bertz CT molecular complexity index is 758. The Morgan fingerprint density at radius 3 is 2.57 bits per heavy atom. The van der Waals surface area contributed by atoms with E-state index in [1.54, 1.807) is 6.07 Å². The molecule has 4 N–H and O–H groups in total. The van der Waals surface area contributed by atoms with Gasteiger partial charge in [-0.05, 0) is 23.6 Å². The zero-order valence-electron chi connectivity index (χ0n) is 11.5. The summed E-state index contributed by atoms with van der Waals surface area (Å²) in [6.45, 7) is 0.168.